The highest BCUT2D eigenvalue weighted by atomic mass is 32.2. The van der Waals surface area contributed by atoms with E-state index in [1.165, 1.54) is 6.42 Å². The highest BCUT2D eigenvalue weighted by Gasteiger charge is 2.32. The standard InChI is InChI=1S/C16H26N2O2S/c1-12-6-4-8-15(10-12)18(3)21(19,20)16-9-5-7-14(11-17)13(16)2/h5,7,9,12,15H,4,6,8,10-11,17H2,1-3H3. The van der Waals surface area contributed by atoms with Crippen LogP contribution < -0.4 is 5.73 Å². The number of nitrogens with two attached hydrogens (primary N) is 1. The molecule has 1 aliphatic rings. The number of rotatable bonds is 4. The average molecular weight is 310 g/mol. The molecule has 0 spiro atoms. The molecule has 0 aromatic heterocycles. The van der Waals surface area contributed by atoms with Gasteiger partial charge in [0.15, 0.2) is 0 Å². The van der Waals surface area contributed by atoms with Crippen LogP contribution in [0.15, 0.2) is 23.1 Å². The summed E-state index contributed by atoms with van der Waals surface area (Å²) in [6, 6.07) is 5.46. The molecule has 4 nitrogen and oxygen atoms in total. The summed E-state index contributed by atoms with van der Waals surface area (Å²) < 4.78 is 27.4. The Kier molecular flexibility index (Phi) is 5.07. The number of sulfonamides is 1. The van der Waals surface area contributed by atoms with Crippen molar-refractivity contribution in [1.82, 2.24) is 4.31 Å². The third-order valence-electron chi connectivity index (χ3n) is 4.70. The summed E-state index contributed by atoms with van der Waals surface area (Å²) >= 11 is 0. The van der Waals surface area contributed by atoms with Crippen molar-refractivity contribution < 1.29 is 8.42 Å². The third kappa shape index (κ3) is 3.30. The molecule has 2 N–H and O–H groups in total. The van der Waals surface area contributed by atoms with Crippen LogP contribution in [0.25, 0.3) is 0 Å². The predicted octanol–water partition coefficient (Wildman–Crippen LogP) is 2.65. The largest absolute Gasteiger partial charge is 0.326 e. The van der Waals surface area contributed by atoms with Gasteiger partial charge >= 0.3 is 0 Å². The van der Waals surface area contributed by atoms with Crippen LogP contribution in [0.1, 0.15) is 43.7 Å². The predicted molar refractivity (Wildman–Crippen MR) is 85.4 cm³/mol. The number of hydrogen-bond donors (Lipinski definition) is 1. The molecule has 2 rings (SSSR count). The maximum absolute atomic E-state index is 12.9. The summed E-state index contributed by atoms with van der Waals surface area (Å²) in [4.78, 5) is 0.395. The molecule has 5 heteroatoms. The Morgan fingerprint density at radius 1 is 1.33 bits per heavy atom. The first-order valence-corrected chi connectivity index (χ1v) is 9.08. The number of nitrogens with zero attached hydrogens (tertiary/aromatic N) is 1. The molecule has 2 atom stereocenters. The van der Waals surface area contributed by atoms with E-state index in [0.29, 0.717) is 17.4 Å². The SMILES string of the molecule is Cc1c(CN)cccc1S(=O)(=O)N(C)C1CCCC(C)C1. The maximum Gasteiger partial charge on any atom is 0.243 e. The molecule has 0 heterocycles. The van der Waals surface area contributed by atoms with Crippen molar-refractivity contribution in [2.24, 2.45) is 11.7 Å². The second-order valence-electron chi connectivity index (χ2n) is 6.19. The summed E-state index contributed by atoms with van der Waals surface area (Å²) in [5.74, 6) is 0.595. The summed E-state index contributed by atoms with van der Waals surface area (Å²) in [7, 11) is -1.73. The Balaban J connectivity index is 2.33. The Bertz CT molecular complexity index is 598. The highest BCUT2D eigenvalue weighted by Crippen LogP contribution is 2.31. The molecule has 118 valence electrons. The summed E-state index contributed by atoms with van der Waals surface area (Å²) in [6.07, 6.45) is 4.21. The van der Waals surface area contributed by atoms with E-state index in [9.17, 15) is 8.42 Å². The molecular weight excluding hydrogens is 284 g/mol. The van der Waals surface area contributed by atoms with Gasteiger partial charge in [0.1, 0.15) is 0 Å². The fraction of sp³-hybridized carbons (Fsp3) is 0.625. The van der Waals surface area contributed by atoms with Crippen LogP contribution >= 0.6 is 0 Å². The first-order chi connectivity index (χ1) is 9.87. The summed E-state index contributed by atoms with van der Waals surface area (Å²) in [6.45, 7) is 4.40. The average Bonchev–Trinajstić information content (AvgIpc) is 2.46. The van der Waals surface area contributed by atoms with Crippen molar-refractivity contribution in [2.75, 3.05) is 7.05 Å². The lowest BCUT2D eigenvalue weighted by molar-refractivity contribution is 0.239. The zero-order valence-corrected chi connectivity index (χ0v) is 14.0. The second-order valence-corrected chi connectivity index (χ2v) is 8.16. The van der Waals surface area contributed by atoms with Crippen molar-refractivity contribution in [2.45, 2.75) is 57.0 Å². The minimum absolute atomic E-state index is 0.111. The van der Waals surface area contributed by atoms with E-state index in [4.69, 9.17) is 5.73 Å². The fourth-order valence-corrected chi connectivity index (χ4v) is 4.91. The number of benzene rings is 1. The first kappa shape index (κ1) is 16.5. The van der Waals surface area contributed by atoms with Crippen LogP contribution in [0.3, 0.4) is 0 Å². The molecule has 1 saturated carbocycles. The van der Waals surface area contributed by atoms with Gasteiger partial charge in [-0.2, -0.15) is 4.31 Å². The van der Waals surface area contributed by atoms with Crippen molar-refractivity contribution in [3.8, 4) is 0 Å². The van der Waals surface area contributed by atoms with Crippen molar-refractivity contribution in [3.63, 3.8) is 0 Å². The van der Waals surface area contributed by atoms with Gasteiger partial charge in [-0.3, -0.25) is 0 Å². The van der Waals surface area contributed by atoms with Gasteiger partial charge in [-0.15, -0.1) is 0 Å². The molecule has 1 aromatic carbocycles. The maximum atomic E-state index is 12.9. The van der Waals surface area contributed by atoms with Gasteiger partial charge in [0.05, 0.1) is 4.90 Å². The topological polar surface area (TPSA) is 63.4 Å². The van der Waals surface area contributed by atoms with Gasteiger partial charge in [0.25, 0.3) is 0 Å². The van der Waals surface area contributed by atoms with Gasteiger partial charge in [0.2, 0.25) is 10.0 Å². The van der Waals surface area contributed by atoms with Crippen LogP contribution in [-0.2, 0) is 16.6 Å². The van der Waals surface area contributed by atoms with Crippen LogP contribution in [0.2, 0.25) is 0 Å². The minimum atomic E-state index is -3.45. The van der Waals surface area contributed by atoms with E-state index in [1.807, 2.05) is 13.0 Å². The lowest BCUT2D eigenvalue weighted by atomic mass is 9.87. The Morgan fingerprint density at radius 2 is 2.05 bits per heavy atom. The molecule has 21 heavy (non-hydrogen) atoms. The third-order valence-corrected chi connectivity index (χ3v) is 6.75. The first-order valence-electron chi connectivity index (χ1n) is 7.64. The van der Waals surface area contributed by atoms with Crippen LogP contribution in [0.5, 0.6) is 0 Å². The Morgan fingerprint density at radius 3 is 2.67 bits per heavy atom. The molecule has 1 aromatic rings. The molecule has 1 aliphatic carbocycles. The van der Waals surface area contributed by atoms with E-state index in [2.05, 4.69) is 6.92 Å². The Hall–Kier alpha value is -0.910. The van der Waals surface area contributed by atoms with E-state index >= 15 is 0 Å². The molecule has 0 radical (unpaired) electrons. The fourth-order valence-electron chi connectivity index (χ4n) is 3.24. The minimum Gasteiger partial charge on any atom is -0.326 e. The van der Waals surface area contributed by atoms with E-state index < -0.39 is 10.0 Å². The summed E-state index contributed by atoms with van der Waals surface area (Å²) in [5, 5.41) is 0. The molecule has 0 saturated heterocycles. The lowest BCUT2D eigenvalue weighted by Gasteiger charge is -2.33. The van der Waals surface area contributed by atoms with Gasteiger partial charge in [-0.05, 0) is 42.9 Å². The Labute approximate surface area is 128 Å². The zero-order chi connectivity index (χ0) is 15.6. The number of hydrogen-bond acceptors (Lipinski definition) is 3. The van der Waals surface area contributed by atoms with Crippen molar-refractivity contribution >= 4 is 10.0 Å². The van der Waals surface area contributed by atoms with E-state index in [0.717, 1.165) is 30.4 Å². The second kappa shape index (κ2) is 6.46. The normalized spacial score (nSPS) is 23.5. The van der Waals surface area contributed by atoms with E-state index in [1.54, 1.807) is 23.5 Å². The van der Waals surface area contributed by atoms with Gasteiger partial charge in [-0.1, -0.05) is 31.9 Å². The highest BCUT2D eigenvalue weighted by molar-refractivity contribution is 7.89. The van der Waals surface area contributed by atoms with E-state index in [-0.39, 0.29) is 6.04 Å². The van der Waals surface area contributed by atoms with Crippen molar-refractivity contribution in [3.05, 3.63) is 29.3 Å². The summed E-state index contributed by atoms with van der Waals surface area (Å²) in [5.41, 5.74) is 7.36. The van der Waals surface area contributed by atoms with Crippen LogP contribution in [-0.4, -0.2) is 25.8 Å². The molecule has 2 unspecified atom stereocenters. The smallest absolute Gasteiger partial charge is 0.243 e. The van der Waals surface area contributed by atoms with Gasteiger partial charge in [0, 0.05) is 19.6 Å². The van der Waals surface area contributed by atoms with Gasteiger partial charge in [-0.25, -0.2) is 8.42 Å². The molecule has 0 bridgehead atoms. The van der Waals surface area contributed by atoms with Crippen molar-refractivity contribution in [1.29, 1.82) is 0 Å². The van der Waals surface area contributed by atoms with Gasteiger partial charge < -0.3 is 5.73 Å². The van der Waals surface area contributed by atoms with Crippen LogP contribution in [0, 0.1) is 12.8 Å². The lowest BCUT2D eigenvalue weighted by Crippen LogP contribution is -2.40. The molecular formula is C16H26N2O2S. The quantitative estimate of drug-likeness (QED) is 0.930. The monoisotopic (exact) mass is 310 g/mol. The molecule has 0 aliphatic heterocycles. The molecule has 1 fully saturated rings. The molecule has 0 amide bonds. The zero-order valence-electron chi connectivity index (χ0n) is 13.2. The van der Waals surface area contributed by atoms with Crippen LogP contribution in [0.4, 0.5) is 0 Å².